The van der Waals surface area contributed by atoms with E-state index >= 15 is 0 Å². The number of alkyl halides is 3. The second-order valence-electron chi connectivity index (χ2n) is 8.18. The van der Waals surface area contributed by atoms with E-state index in [-0.39, 0.29) is 15.8 Å². The topological polar surface area (TPSA) is 83.6 Å². The molecule has 1 aliphatic heterocycles. The first-order valence-electron chi connectivity index (χ1n) is 11.4. The van der Waals surface area contributed by atoms with Gasteiger partial charge in [0.25, 0.3) is 11.8 Å². The summed E-state index contributed by atoms with van der Waals surface area (Å²) in [6.07, 6.45) is -3.06. The standard InChI is InChI=1S/C26H16BrF3N4O3S3/c27-15-9-10-19(37-13-22(35)31-17-6-2-1-5-16(17)26(28,29)30)14(11-15)12-21-23(36)34(25(38)40-21)33-24-32-18-7-3-4-8-20(18)39-24/h1-12H,13H2,(H,31,35)(H,32,33)/b21-12-. The molecule has 14 heteroatoms. The van der Waals surface area contributed by atoms with Crippen molar-refractivity contribution in [2.24, 2.45) is 0 Å². The van der Waals surface area contributed by atoms with E-state index in [0.29, 0.717) is 20.1 Å². The van der Waals surface area contributed by atoms with Gasteiger partial charge in [0.2, 0.25) is 5.13 Å². The molecule has 0 spiro atoms. The zero-order valence-corrected chi connectivity index (χ0v) is 24.0. The second-order valence-corrected chi connectivity index (χ2v) is 11.8. The number of carbonyl (C=O) groups excluding carboxylic acids is 2. The zero-order chi connectivity index (χ0) is 28.4. The average Bonchev–Trinajstić information content (AvgIpc) is 3.43. The van der Waals surface area contributed by atoms with E-state index in [1.165, 1.54) is 28.5 Å². The molecule has 40 heavy (non-hydrogen) atoms. The molecular formula is C26H16BrF3N4O3S3. The van der Waals surface area contributed by atoms with Crippen LogP contribution < -0.4 is 15.5 Å². The van der Waals surface area contributed by atoms with Gasteiger partial charge in [0.1, 0.15) is 5.75 Å². The highest BCUT2D eigenvalue weighted by molar-refractivity contribution is 9.10. The van der Waals surface area contributed by atoms with Gasteiger partial charge in [-0.3, -0.25) is 15.0 Å². The van der Waals surface area contributed by atoms with Gasteiger partial charge in [-0.25, -0.2) is 4.98 Å². The molecule has 0 radical (unpaired) electrons. The Morgan fingerprint density at radius 3 is 2.65 bits per heavy atom. The number of para-hydroxylation sites is 2. The summed E-state index contributed by atoms with van der Waals surface area (Å²) in [5, 5.41) is 3.97. The van der Waals surface area contributed by atoms with E-state index < -0.39 is 30.2 Å². The molecule has 5 rings (SSSR count). The molecule has 1 aromatic heterocycles. The van der Waals surface area contributed by atoms with Crippen LogP contribution >= 0.6 is 51.2 Å². The van der Waals surface area contributed by atoms with Crippen LogP contribution in [0.2, 0.25) is 0 Å². The molecule has 1 saturated heterocycles. The fraction of sp³-hybridized carbons (Fsp3) is 0.0769. The van der Waals surface area contributed by atoms with Crippen molar-refractivity contribution in [1.29, 1.82) is 0 Å². The summed E-state index contributed by atoms with van der Waals surface area (Å²) >= 11 is 11.2. The number of thiocarbonyl (C=S) groups is 1. The number of halogens is 4. The lowest BCUT2D eigenvalue weighted by Crippen LogP contribution is -2.33. The van der Waals surface area contributed by atoms with E-state index in [2.05, 4.69) is 31.7 Å². The Morgan fingerprint density at radius 1 is 1.12 bits per heavy atom. The maximum absolute atomic E-state index is 13.2. The maximum Gasteiger partial charge on any atom is 0.418 e. The fourth-order valence-electron chi connectivity index (χ4n) is 3.65. The third-order valence-electron chi connectivity index (χ3n) is 5.42. The number of benzene rings is 3. The van der Waals surface area contributed by atoms with Gasteiger partial charge in [0, 0.05) is 10.0 Å². The molecule has 0 aliphatic carbocycles. The van der Waals surface area contributed by atoms with Crippen LogP contribution in [-0.4, -0.2) is 32.7 Å². The lowest BCUT2D eigenvalue weighted by Gasteiger charge is -2.15. The van der Waals surface area contributed by atoms with Crippen molar-refractivity contribution in [2.75, 3.05) is 17.3 Å². The smallest absolute Gasteiger partial charge is 0.418 e. The van der Waals surface area contributed by atoms with Gasteiger partial charge in [-0.1, -0.05) is 63.3 Å². The number of carbonyl (C=O) groups is 2. The van der Waals surface area contributed by atoms with Crippen molar-refractivity contribution in [1.82, 2.24) is 9.99 Å². The number of thioether (sulfide) groups is 1. The summed E-state index contributed by atoms with van der Waals surface area (Å²) in [5.74, 6) is -0.939. The van der Waals surface area contributed by atoms with Crippen LogP contribution in [-0.2, 0) is 15.8 Å². The molecule has 2 amide bonds. The quantitative estimate of drug-likeness (QED) is 0.158. The molecule has 1 aliphatic rings. The van der Waals surface area contributed by atoms with Gasteiger partial charge < -0.3 is 10.1 Å². The number of aromatic nitrogens is 1. The summed E-state index contributed by atoms with van der Waals surface area (Å²) in [6.45, 7) is -0.561. The highest BCUT2D eigenvalue weighted by atomic mass is 79.9. The Kier molecular flexibility index (Phi) is 8.12. The summed E-state index contributed by atoms with van der Waals surface area (Å²) in [5.41, 5.74) is 2.88. The van der Waals surface area contributed by atoms with Crippen LogP contribution in [0.5, 0.6) is 5.75 Å². The van der Waals surface area contributed by atoms with Crippen molar-refractivity contribution in [3.63, 3.8) is 0 Å². The van der Waals surface area contributed by atoms with E-state index in [0.717, 1.165) is 34.1 Å². The fourth-order valence-corrected chi connectivity index (χ4v) is 6.06. The Balaban J connectivity index is 1.30. The molecule has 204 valence electrons. The number of thiazole rings is 1. The number of hydrazine groups is 1. The van der Waals surface area contributed by atoms with E-state index in [9.17, 15) is 22.8 Å². The van der Waals surface area contributed by atoms with Crippen LogP contribution in [0.15, 0.2) is 76.1 Å². The van der Waals surface area contributed by atoms with Crippen molar-refractivity contribution in [2.45, 2.75) is 6.18 Å². The summed E-state index contributed by atoms with van der Waals surface area (Å²) in [7, 11) is 0. The molecule has 0 unspecified atom stereocenters. The number of anilines is 2. The van der Waals surface area contributed by atoms with Crippen LogP contribution in [0.3, 0.4) is 0 Å². The minimum absolute atomic E-state index is 0.242. The van der Waals surface area contributed by atoms with Gasteiger partial charge >= 0.3 is 6.18 Å². The number of hydrogen-bond acceptors (Lipinski definition) is 8. The highest BCUT2D eigenvalue weighted by Crippen LogP contribution is 2.37. The first kappa shape index (κ1) is 28.1. The average molecular weight is 666 g/mol. The minimum Gasteiger partial charge on any atom is -0.483 e. The van der Waals surface area contributed by atoms with Crippen LogP contribution in [0.4, 0.5) is 24.0 Å². The number of ether oxygens (including phenoxy) is 1. The molecule has 0 saturated carbocycles. The maximum atomic E-state index is 13.2. The predicted molar refractivity (Wildman–Crippen MR) is 158 cm³/mol. The largest absolute Gasteiger partial charge is 0.483 e. The van der Waals surface area contributed by atoms with Crippen molar-refractivity contribution in [3.8, 4) is 5.75 Å². The lowest BCUT2D eigenvalue weighted by molar-refractivity contribution is -0.137. The molecule has 4 aromatic rings. The highest BCUT2D eigenvalue weighted by Gasteiger charge is 2.34. The van der Waals surface area contributed by atoms with Gasteiger partial charge in [-0.05, 0) is 60.8 Å². The summed E-state index contributed by atoms with van der Waals surface area (Å²) in [4.78, 5) is 30.4. The van der Waals surface area contributed by atoms with Gasteiger partial charge in [-0.2, -0.15) is 18.2 Å². The third-order valence-corrected chi connectivity index (χ3v) is 8.16. The number of nitrogens with one attached hydrogen (secondary N) is 2. The molecule has 0 atom stereocenters. The molecule has 1 fully saturated rings. The Hall–Kier alpha value is -3.46. The van der Waals surface area contributed by atoms with Gasteiger partial charge in [-0.15, -0.1) is 0 Å². The second kappa shape index (κ2) is 11.6. The number of rotatable bonds is 7. The van der Waals surface area contributed by atoms with Gasteiger partial charge in [0.15, 0.2) is 10.9 Å². The number of nitrogens with zero attached hydrogens (tertiary/aromatic N) is 2. The first-order valence-corrected chi connectivity index (χ1v) is 14.2. The first-order chi connectivity index (χ1) is 19.1. The molecule has 2 N–H and O–H groups in total. The van der Waals surface area contributed by atoms with Crippen LogP contribution in [0.1, 0.15) is 11.1 Å². The zero-order valence-electron chi connectivity index (χ0n) is 20.0. The summed E-state index contributed by atoms with van der Waals surface area (Å²) in [6, 6.07) is 17.2. The van der Waals surface area contributed by atoms with Crippen molar-refractivity contribution < 1.29 is 27.5 Å². The molecule has 7 nitrogen and oxygen atoms in total. The minimum atomic E-state index is -4.63. The van der Waals surface area contributed by atoms with Crippen LogP contribution in [0, 0.1) is 0 Å². The van der Waals surface area contributed by atoms with Crippen molar-refractivity contribution in [3.05, 3.63) is 87.2 Å². The Bertz CT molecular complexity index is 1640. The third kappa shape index (κ3) is 6.30. The monoisotopic (exact) mass is 664 g/mol. The van der Waals surface area contributed by atoms with E-state index in [1.54, 1.807) is 24.3 Å². The Morgan fingerprint density at radius 2 is 1.88 bits per heavy atom. The van der Waals surface area contributed by atoms with E-state index in [1.807, 2.05) is 24.3 Å². The van der Waals surface area contributed by atoms with Crippen molar-refractivity contribution >= 4 is 94.5 Å². The van der Waals surface area contributed by atoms with E-state index in [4.69, 9.17) is 17.0 Å². The number of amides is 2. The molecule has 0 bridgehead atoms. The van der Waals surface area contributed by atoms with Crippen LogP contribution in [0.25, 0.3) is 16.3 Å². The van der Waals surface area contributed by atoms with Gasteiger partial charge in [0.05, 0.1) is 26.4 Å². The SMILES string of the molecule is O=C(COc1ccc(Br)cc1/C=C1\SC(=S)N(Nc2nc3ccccc3s2)C1=O)Nc1ccccc1C(F)(F)F. The molecule has 2 heterocycles. The number of fused-ring (bicyclic) bond motifs is 1. The number of hydrogen-bond donors (Lipinski definition) is 2. The normalized spacial score (nSPS) is 14.7. The predicted octanol–water partition coefficient (Wildman–Crippen LogP) is 7.32. The molecular weight excluding hydrogens is 649 g/mol. The Labute approximate surface area is 247 Å². The summed E-state index contributed by atoms with van der Waals surface area (Å²) < 4.78 is 47.3. The molecule has 3 aromatic carbocycles. The lowest BCUT2D eigenvalue weighted by atomic mass is 10.1.